The van der Waals surface area contributed by atoms with Gasteiger partial charge >= 0.3 is 14.5 Å². The third-order valence-electron chi connectivity index (χ3n) is 2.49. The lowest BCUT2D eigenvalue weighted by atomic mass is 10.3. The number of hydrogen-bond donors (Lipinski definition) is 0. The van der Waals surface area contributed by atoms with Crippen molar-refractivity contribution in [3.05, 3.63) is 30.3 Å². The van der Waals surface area contributed by atoms with Gasteiger partial charge in [-0.25, -0.2) is 9.31 Å². The Bertz CT molecular complexity index is 515. The highest BCUT2D eigenvalue weighted by Crippen LogP contribution is 2.86. The summed E-state index contributed by atoms with van der Waals surface area (Å²) < 4.78 is 40.2. The molecule has 1 aromatic carbocycles. The fourth-order valence-electron chi connectivity index (χ4n) is 1.78. The van der Waals surface area contributed by atoms with E-state index in [0.29, 0.717) is 18.9 Å². The lowest BCUT2D eigenvalue weighted by Crippen LogP contribution is -2.03. The summed E-state index contributed by atoms with van der Waals surface area (Å²) in [5, 5.41) is 0. The molecule has 0 unspecified atom stereocenters. The van der Waals surface area contributed by atoms with Crippen LogP contribution < -0.4 is 0 Å². The van der Waals surface area contributed by atoms with Gasteiger partial charge in [-0.2, -0.15) is 0 Å². The first kappa shape index (κ1) is 19.6. The molecule has 1 aromatic rings. The molecular weight excluding hydrogens is 324 g/mol. The highest BCUT2D eigenvalue weighted by Gasteiger charge is 2.47. The van der Waals surface area contributed by atoms with Crippen molar-refractivity contribution in [3.63, 3.8) is 0 Å². The van der Waals surface area contributed by atoms with Gasteiger partial charge in [-0.15, -0.1) is 0 Å². The zero-order valence-corrected chi connectivity index (χ0v) is 15.4. The zero-order valence-electron chi connectivity index (χ0n) is 13.6. The first-order valence-electron chi connectivity index (χ1n) is 7.43. The summed E-state index contributed by atoms with van der Waals surface area (Å²) in [6, 6.07) is 9.17. The molecule has 0 radical (unpaired) electrons. The van der Waals surface area contributed by atoms with Crippen LogP contribution in [0.1, 0.15) is 27.7 Å². The Balaban J connectivity index is 3.48. The van der Waals surface area contributed by atoms with Crippen molar-refractivity contribution >= 4 is 20.2 Å². The number of hydrogen-bond acceptors (Lipinski definition) is 6. The Morgan fingerprint density at radius 2 is 1.27 bits per heavy atom. The van der Waals surface area contributed by atoms with Gasteiger partial charge in [0.25, 0.3) is 0 Å². The van der Waals surface area contributed by atoms with Gasteiger partial charge in [0.1, 0.15) is 0 Å². The molecule has 8 heteroatoms. The van der Waals surface area contributed by atoms with Crippen molar-refractivity contribution in [3.8, 4) is 0 Å². The molecule has 0 aliphatic carbocycles. The third kappa shape index (κ3) is 4.76. The van der Waals surface area contributed by atoms with Gasteiger partial charge < -0.3 is 18.1 Å². The molecule has 1 rings (SSSR count). The summed E-state index contributed by atoms with van der Waals surface area (Å²) in [4.78, 5) is 0. The van der Waals surface area contributed by atoms with Crippen LogP contribution in [0.25, 0.3) is 0 Å². The Hall–Kier alpha value is -0.480. The molecule has 0 fully saturated rings. The van der Waals surface area contributed by atoms with Crippen LogP contribution in [0.2, 0.25) is 0 Å². The second-order valence-electron chi connectivity index (χ2n) is 4.07. The van der Waals surface area contributed by atoms with E-state index in [-0.39, 0.29) is 13.2 Å². The highest BCUT2D eigenvalue weighted by atomic mass is 32.1. The monoisotopic (exact) mass is 349 g/mol. The normalized spacial score (nSPS) is 12.4. The minimum absolute atomic E-state index is 0.226. The van der Waals surface area contributed by atoms with Gasteiger partial charge in [-0.1, -0.05) is 18.2 Å². The first-order valence-corrected chi connectivity index (χ1v) is 11.3. The molecule has 0 saturated heterocycles. The maximum atomic E-state index is 13.3. The zero-order chi connectivity index (χ0) is 16.5. The third-order valence-corrected chi connectivity index (χ3v) is 9.46. The van der Waals surface area contributed by atoms with E-state index >= 15 is 0 Å². The number of nitrogens with zero attached hydrogens (tertiary/aromatic N) is 1. The smallest absolute Gasteiger partial charge is 0.315 e. The Kier molecular flexibility index (Phi) is 8.55. The van der Waals surface area contributed by atoms with Gasteiger partial charge in [0.15, 0.2) is 0 Å². The summed E-state index contributed by atoms with van der Waals surface area (Å²) in [6.07, 6.45) is 0. The van der Waals surface area contributed by atoms with Gasteiger partial charge in [-0.3, -0.25) is 0 Å². The van der Waals surface area contributed by atoms with Crippen LogP contribution in [0.5, 0.6) is 0 Å². The Labute approximate surface area is 132 Å². The molecule has 0 aliphatic rings. The Morgan fingerprint density at radius 1 is 0.818 bits per heavy atom. The van der Waals surface area contributed by atoms with Gasteiger partial charge in [0.05, 0.1) is 32.1 Å². The fraction of sp³-hybridized carbons (Fsp3) is 0.571. The van der Waals surface area contributed by atoms with Crippen molar-refractivity contribution in [2.45, 2.75) is 27.7 Å². The lowest BCUT2D eigenvalue weighted by Gasteiger charge is -2.29. The summed E-state index contributed by atoms with van der Waals surface area (Å²) in [6.45, 7) is 8.16. The molecule has 0 aromatic heterocycles. The SMILES string of the molecule is CCOP(=O)(OCC)P(=Nc1ccccc1)(OCC)OCC. The van der Waals surface area contributed by atoms with Gasteiger partial charge in [0, 0.05) is 0 Å². The molecule has 6 nitrogen and oxygen atoms in total. The van der Waals surface area contributed by atoms with Crippen LogP contribution in [0.3, 0.4) is 0 Å². The summed E-state index contributed by atoms with van der Waals surface area (Å²) in [5.74, 6) is 0. The fourth-order valence-corrected chi connectivity index (χ4v) is 8.22. The molecule has 0 saturated carbocycles. The second-order valence-corrected chi connectivity index (χ2v) is 10.2. The largest absolute Gasteiger partial charge is 0.419 e. The van der Waals surface area contributed by atoms with Crippen LogP contribution in [0.15, 0.2) is 35.1 Å². The molecule has 0 aliphatic heterocycles. The topological polar surface area (TPSA) is 66.4 Å². The van der Waals surface area contributed by atoms with E-state index in [4.69, 9.17) is 18.1 Å². The molecule has 0 bridgehead atoms. The van der Waals surface area contributed by atoms with E-state index < -0.39 is 14.5 Å². The van der Waals surface area contributed by atoms with Crippen molar-refractivity contribution in [2.24, 2.45) is 4.74 Å². The average Bonchev–Trinajstić information content (AvgIpc) is 2.49. The predicted molar refractivity (Wildman–Crippen MR) is 89.6 cm³/mol. The van der Waals surface area contributed by atoms with Crippen LogP contribution in [-0.4, -0.2) is 26.4 Å². The maximum Gasteiger partial charge on any atom is 0.419 e. The van der Waals surface area contributed by atoms with Crippen LogP contribution in [-0.2, 0) is 22.7 Å². The molecule has 0 spiro atoms. The van der Waals surface area contributed by atoms with Gasteiger partial charge in [0.2, 0.25) is 0 Å². The summed E-state index contributed by atoms with van der Waals surface area (Å²) in [5.41, 5.74) is 0.623. The molecule has 126 valence electrons. The summed E-state index contributed by atoms with van der Waals surface area (Å²) >= 11 is 0. The van der Waals surface area contributed by atoms with E-state index in [1.54, 1.807) is 39.8 Å². The van der Waals surface area contributed by atoms with E-state index in [0.717, 1.165) is 0 Å². The maximum absolute atomic E-state index is 13.3. The van der Waals surface area contributed by atoms with E-state index in [1.165, 1.54) is 0 Å². The van der Waals surface area contributed by atoms with E-state index in [9.17, 15) is 4.57 Å². The number of rotatable bonds is 10. The Morgan fingerprint density at radius 3 is 1.68 bits per heavy atom. The van der Waals surface area contributed by atoms with Crippen molar-refractivity contribution in [1.82, 2.24) is 0 Å². The van der Waals surface area contributed by atoms with Crippen LogP contribution >= 0.6 is 14.5 Å². The molecule has 0 amide bonds. The van der Waals surface area contributed by atoms with Crippen molar-refractivity contribution < 1.29 is 22.7 Å². The van der Waals surface area contributed by atoms with E-state index in [2.05, 4.69) is 4.74 Å². The summed E-state index contributed by atoms with van der Waals surface area (Å²) in [7, 11) is -6.90. The average molecular weight is 349 g/mol. The van der Waals surface area contributed by atoms with Crippen molar-refractivity contribution in [1.29, 1.82) is 0 Å². The minimum Gasteiger partial charge on any atom is -0.315 e. The quantitative estimate of drug-likeness (QED) is 0.514. The van der Waals surface area contributed by atoms with Crippen LogP contribution in [0, 0.1) is 0 Å². The predicted octanol–water partition coefficient (Wildman–Crippen LogP) is 5.60. The first-order chi connectivity index (χ1) is 10.6. The second kappa shape index (κ2) is 9.61. The van der Waals surface area contributed by atoms with E-state index in [1.807, 2.05) is 18.2 Å². The molecule has 0 N–H and O–H groups in total. The minimum atomic E-state index is -3.66. The molecular formula is C14H25NO5P2. The van der Waals surface area contributed by atoms with Crippen LogP contribution in [0.4, 0.5) is 5.69 Å². The molecule has 22 heavy (non-hydrogen) atoms. The number of benzene rings is 1. The standard InChI is InChI=1S/C14H25NO5P2/c1-5-17-21(18-6-2,15-14-12-10-9-11-13-14)22(16,19-7-3)20-8-4/h9-13H,5-8H2,1-4H3. The highest BCUT2D eigenvalue weighted by molar-refractivity contribution is 8.28. The molecule has 0 heterocycles. The van der Waals surface area contributed by atoms with Crippen molar-refractivity contribution in [2.75, 3.05) is 26.4 Å². The lowest BCUT2D eigenvalue weighted by molar-refractivity contribution is 0.210. The molecule has 0 atom stereocenters. The van der Waals surface area contributed by atoms with Gasteiger partial charge in [-0.05, 0) is 39.8 Å².